The molecule has 0 aliphatic carbocycles. The first-order valence-electron chi connectivity index (χ1n) is 6.56. The van der Waals surface area contributed by atoms with Crippen molar-refractivity contribution in [2.24, 2.45) is 5.10 Å². The van der Waals surface area contributed by atoms with E-state index in [2.05, 4.69) is 15.3 Å². The minimum absolute atomic E-state index is 0.115. The van der Waals surface area contributed by atoms with E-state index in [9.17, 15) is 4.79 Å². The van der Waals surface area contributed by atoms with Crippen LogP contribution in [0.5, 0.6) is 0 Å². The molecular weight excluding hydrogens is 336 g/mol. The molecule has 23 heavy (non-hydrogen) atoms. The predicted molar refractivity (Wildman–Crippen MR) is 88.1 cm³/mol. The molecule has 9 heteroatoms. The van der Waals surface area contributed by atoms with Gasteiger partial charge in [-0.25, -0.2) is 0 Å². The van der Waals surface area contributed by atoms with Gasteiger partial charge in [0.15, 0.2) is 5.82 Å². The van der Waals surface area contributed by atoms with Crippen molar-refractivity contribution < 1.29 is 14.3 Å². The van der Waals surface area contributed by atoms with Crippen molar-refractivity contribution in [3.05, 3.63) is 40.5 Å². The normalized spacial score (nSPS) is 11.3. The number of carboxylic acid groups (broad SMARTS) is 1. The van der Waals surface area contributed by atoms with Crippen LogP contribution in [0.1, 0.15) is 11.3 Å². The SMILES string of the molecule is Cc1occc1-c1nnc(SCC(=O)O)n1/N=C\c1ccsc1. The predicted octanol–water partition coefficient (Wildman–Crippen LogP) is 2.97. The number of aryl methyl sites for hydroxylation is 1. The largest absolute Gasteiger partial charge is 0.481 e. The molecule has 0 radical (unpaired) electrons. The summed E-state index contributed by atoms with van der Waals surface area (Å²) in [5, 5.41) is 25.7. The minimum Gasteiger partial charge on any atom is -0.481 e. The summed E-state index contributed by atoms with van der Waals surface area (Å²) < 4.78 is 6.83. The highest BCUT2D eigenvalue weighted by atomic mass is 32.2. The van der Waals surface area contributed by atoms with Gasteiger partial charge in [-0.15, -0.1) is 10.2 Å². The van der Waals surface area contributed by atoms with Crippen molar-refractivity contribution in [1.29, 1.82) is 0 Å². The Kier molecular flexibility index (Phi) is 4.58. The van der Waals surface area contributed by atoms with Crippen LogP contribution >= 0.6 is 23.1 Å². The zero-order valence-corrected chi connectivity index (χ0v) is 13.7. The highest BCUT2D eigenvalue weighted by Gasteiger charge is 2.18. The monoisotopic (exact) mass is 348 g/mol. The topological polar surface area (TPSA) is 93.5 Å². The van der Waals surface area contributed by atoms with E-state index in [0.29, 0.717) is 16.7 Å². The molecule has 0 atom stereocenters. The van der Waals surface area contributed by atoms with Gasteiger partial charge < -0.3 is 9.52 Å². The van der Waals surface area contributed by atoms with Gasteiger partial charge in [0.05, 0.1) is 23.8 Å². The number of thiophene rings is 1. The van der Waals surface area contributed by atoms with Crippen LogP contribution < -0.4 is 0 Å². The summed E-state index contributed by atoms with van der Waals surface area (Å²) in [6.07, 6.45) is 3.25. The maximum absolute atomic E-state index is 10.8. The zero-order valence-electron chi connectivity index (χ0n) is 12.0. The minimum atomic E-state index is -0.924. The quantitative estimate of drug-likeness (QED) is 0.544. The number of carbonyl (C=O) groups is 1. The van der Waals surface area contributed by atoms with E-state index in [4.69, 9.17) is 9.52 Å². The molecule has 0 aromatic carbocycles. The van der Waals surface area contributed by atoms with Crippen LogP contribution in [0.25, 0.3) is 11.4 Å². The summed E-state index contributed by atoms with van der Waals surface area (Å²) in [7, 11) is 0. The van der Waals surface area contributed by atoms with E-state index < -0.39 is 5.97 Å². The zero-order chi connectivity index (χ0) is 16.2. The average Bonchev–Trinajstić information content (AvgIpc) is 3.23. The fraction of sp³-hybridized carbons (Fsp3) is 0.143. The molecular formula is C14H12N4O3S2. The van der Waals surface area contributed by atoms with E-state index >= 15 is 0 Å². The van der Waals surface area contributed by atoms with Crippen LogP contribution in [0.3, 0.4) is 0 Å². The Morgan fingerprint density at radius 1 is 1.52 bits per heavy atom. The van der Waals surface area contributed by atoms with Gasteiger partial charge >= 0.3 is 5.97 Å². The maximum atomic E-state index is 10.8. The Morgan fingerprint density at radius 2 is 2.39 bits per heavy atom. The van der Waals surface area contributed by atoms with E-state index in [1.54, 1.807) is 29.9 Å². The third-order valence-electron chi connectivity index (χ3n) is 2.90. The van der Waals surface area contributed by atoms with Crippen molar-refractivity contribution in [2.75, 3.05) is 5.75 Å². The van der Waals surface area contributed by atoms with Gasteiger partial charge in [0, 0.05) is 5.56 Å². The fourth-order valence-corrected chi connectivity index (χ4v) is 3.06. The van der Waals surface area contributed by atoms with E-state index in [1.165, 1.54) is 4.68 Å². The second-order valence-electron chi connectivity index (χ2n) is 4.49. The lowest BCUT2D eigenvalue weighted by Gasteiger charge is -2.02. The average molecular weight is 348 g/mol. The first kappa shape index (κ1) is 15.5. The summed E-state index contributed by atoms with van der Waals surface area (Å²) in [4.78, 5) is 10.8. The second-order valence-corrected chi connectivity index (χ2v) is 6.21. The summed E-state index contributed by atoms with van der Waals surface area (Å²) in [6, 6.07) is 3.72. The Hall–Kier alpha value is -2.39. The van der Waals surface area contributed by atoms with Gasteiger partial charge in [-0.2, -0.15) is 21.1 Å². The van der Waals surface area contributed by atoms with Crippen LogP contribution in [-0.4, -0.2) is 37.9 Å². The van der Waals surface area contributed by atoms with E-state index in [-0.39, 0.29) is 5.75 Å². The lowest BCUT2D eigenvalue weighted by Crippen LogP contribution is -2.01. The van der Waals surface area contributed by atoms with Crippen molar-refractivity contribution in [2.45, 2.75) is 12.1 Å². The molecule has 118 valence electrons. The Labute approximate surface area is 139 Å². The molecule has 0 aliphatic rings. The van der Waals surface area contributed by atoms with Crippen LogP contribution in [-0.2, 0) is 4.79 Å². The molecule has 0 aliphatic heterocycles. The van der Waals surface area contributed by atoms with Gasteiger partial charge in [0.25, 0.3) is 0 Å². The molecule has 3 aromatic heterocycles. The Balaban J connectivity index is 1.99. The lowest BCUT2D eigenvalue weighted by molar-refractivity contribution is -0.133. The van der Waals surface area contributed by atoms with Gasteiger partial charge in [0.2, 0.25) is 5.16 Å². The van der Waals surface area contributed by atoms with Gasteiger partial charge in [-0.1, -0.05) is 11.8 Å². The molecule has 0 bridgehead atoms. The molecule has 0 amide bonds. The highest BCUT2D eigenvalue weighted by molar-refractivity contribution is 7.99. The van der Waals surface area contributed by atoms with E-state index in [0.717, 1.165) is 22.9 Å². The molecule has 0 saturated heterocycles. The maximum Gasteiger partial charge on any atom is 0.313 e. The molecule has 0 unspecified atom stereocenters. The number of nitrogens with zero attached hydrogens (tertiary/aromatic N) is 4. The summed E-state index contributed by atoms with van der Waals surface area (Å²) >= 11 is 2.63. The number of aromatic nitrogens is 3. The number of hydrogen-bond acceptors (Lipinski definition) is 7. The Morgan fingerprint density at radius 3 is 3.04 bits per heavy atom. The van der Waals surface area contributed by atoms with Crippen LogP contribution in [0.4, 0.5) is 0 Å². The second kappa shape index (κ2) is 6.80. The number of rotatable bonds is 6. The molecule has 3 heterocycles. The van der Waals surface area contributed by atoms with Crippen LogP contribution in [0.2, 0.25) is 0 Å². The van der Waals surface area contributed by atoms with Crippen molar-refractivity contribution in [1.82, 2.24) is 14.9 Å². The first-order valence-corrected chi connectivity index (χ1v) is 8.49. The number of aliphatic carboxylic acids is 1. The molecule has 0 fully saturated rings. The Bertz CT molecular complexity index is 836. The summed E-state index contributed by atoms with van der Waals surface area (Å²) in [6.45, 7) is 1.82. The third kappa shape index (κ3) is 3.51. The molecule has 0 spiro atoms. The van der Waals surface area contributed by atoms with Gasteiger partial charge in [0.1, 0.15) is 5.76 Å². The van der Waals surface area contributed by atoms with Crippen LogP contribution in [0.15, 0.2) is 43.8 Å². The summed E-state index contributed by atoms with van der Waals surface area (Å²) in [5.41, 5.74) is 1.72. The number of thioether (sulfide) groups is 1. The molecule has 7 nitrogen and oxygen atoms in total. The number of hydrogen-bond donors (Lipinski definition) is 1. The molecule has 3 rings (SSSR count). The van der Waals surface area contributed by atoms with E-state index in [1.807, 2.05) is 23.8 Å². The first-order chi connectivity index (χ1) is 11.1. The molecule has 0 saturated carbocycles. The summed E-state index contributed by atoms with van der Waals surface area (Å²) in [5.74, 6) is 0.165. The molecule has 3 aromatic rings. The fourth-order valence-electron chi connectivity index (χ4n) is 1.84. The van der Waals surface area contributed by atoms with Gasteiger partial charge in [-0.05, 0) is 29.8 Å². The van der Waals surface area contributed by atoms with Crippen molar-refractivity contribution >= 4 is 35.3 Å². The third-order valence-corrected chi connectivity index (χ3v) is 4.51. The highest BCUT2D eigenvalue weighted by Crippen LogP contribution is 2.26. The number of furan rings is 1. The van der Waals surface area contributed by atoms with Gasteiger partial charge in [-0.3, -0.25) is 4.79 Å². The molecule has 1 N–H and O–H groups in total. The van der Waals surface area contributed by atoms with Crippen molar-refractivity contribution in [3.8, 4) is 11.4 Å². The lowest BCUT2D eigenvalue weighted by atomic mass is 10.2. The smallest absolute Gasteiger partial charge is 0.313 e. The van der Waals surface area contributed by atoms with Crippen LogP contribution in [0, 0.1) is 6.92 Å². The van der Waals surface area contributed by atoms with Crippen molar-refractivity contribution in [3.63, 3.8) is 0 Å². The number of carboxylic acids is 1. The standard InChI is InChI=1S/C14H12N4O3S2/c1-9-11(2-4-21-9)13-16-17-14(23-8-12(19)20)18(13)15-6-10-3-5-22-7-10/h2-7H,8H2,1H3,(H,19,20)/b15-6-.